The fourth-order valence-electron chi connectivity index (χ4n) is 2.28. The Hall–Kier alpha value is -1.41. The van der Waals surface area contributed by atoms with Gasteiger partial charge in [-0.15, -0.1) is 0 Å². The second kappa shape index (κ2) is 6.36. The molecule has 1 saturated heterocycles. The van der Waals surface area contributed by atoms with Crippen LogP contribution in [-0.4, -0.2) is 36.4 Å². The Morgan fingerprint density at radius 3 is 2.75 bits per heavy atom. The predicted octanol–water partition coefficient (Wildman–Crippen LogP) is 0.561. The Bertz CT molecular complexity index is 561. The number of nitrogens with zero attached hydrogens (tertiary/aromatic N) is 2. The van der Waals surface area contributed by atoms with Crippen LogP contribution < -0.4 is 16.6 Å². The quantitative estimate of drug-likeness (QED) is 0.520. The molecular weight excluding hydrogens is 278 g/mol. The van der Waals surface area contributed by atoms with Crippen LogP contribution in [-0.2, 0) is 16.3 Å². The minimum absolute atomic E-state index is 0.152. The number of hydrogen-bond donors (Lipinski definition) is 3. The van der Waals surface area contributed by atoms with Gasteiger partial charge >= 0.3 is 0 Å². The highest BCUT2D eigenvalue weighted by Crippen LogP contribution is 2.19. The van der Waals surface area contributed by atoms with Crippen LogP contribution in [0.25, 0.3) is 0 Å². The SMILES string of the molecule is CCCc1nc(NN)cc(NCC2CCS(=O)(=O)C2)n1. The van der Waals surface area contributed by atoms with Crippen LogP contribution in [0.1, 0.15) is 25.6 Å². The number of aromatic nitrogens is 2. The van der Waals surface area contributed by atoms with Crippen molar-refractivity contribution in [2.24, 2.45) is 11.8 Å². The third kappa shape index (κ3) is 4.04. The van der Waals surface area contributed by atoms with Gasteiger partial charge in [-0.25, -0.2) is 24.2 Å². The Balaban J connectivity index is 2.00. The summed E-state index contributed by atoms with van der Waals surface area (Å²) in [5.74, 6) is 8.06. The lowest BCUT2D eigenvalue weighted by molar-refractivity contribution is 0.595. The maximum Gasteiger partial charge on any atom is 0.150 e. The summed E-state index contributed by atoms with van der Waals surface area (Å²) >= 11 is 0. The molecule has 0 saturated carbocycles. The van der Waals surface area contributed by atoms with Crippen molar-refractivity contribution in [3.8, 4) is 0 Å². The molecule has 0 aromatic carbocycles. The maximum absolute atomic E-state index is 11.4. The van der Waals surface area contributed by atoms with Crippen LogP contribution in [0, 0.1) is 5.92 Å². The number of aryl methyl sites for hydroxylation is 1. The summed E-state index contributed by atoms with van der Waals surface area (Å²) in [4.78, 5) is 8.66. The van der Waals surface area contributed by atoms with Gasteiger partial charge < -0.3 is 10.7 Å². The number of sulfone groups is 1. The van der Waals surface area contributed by atoms with Crippen molar-refractivity contribution >= 4 is 21.5 Å². The molecule has 1 aliphatic heterocycles. The standard InChI is InChI=1S/C12H21N5O2S/c1-2-3-10-15-11(6-12(16-10)17-13)14-7-9-4-5-20(18,19)8-9/h6,9H,2-5,7-8,13H2,1H3,(H2,14,15,16,17). The minimum atomic E-state index is -2.83. The zero-order valence-electron chi connectivity index (χ0n) is 11.6. The molecule has 2 rings (SSSR count). The lowest BCUT2D eigenvalue weighted by atomic mass is 10.1. The normalized spacial score (nSPS) is 20.8. The first-order chi connectivity index (χ1) is 9.52. The van der Waals surface area contributed by atoms with Gasteiger partial charge in [-0.2, -0.15) is 0 Å². The third-order valence-electron chi connectivity index (χ3n) is 3.29. The van der Waals surface area contributed by atoms with E-state index in [1.165, 1.54) is 0 Å². The van der Waals surface area contributed by atoms with Crippen molar-refractivity contribution in [3.05, 3.63) is 11.9 Å². The number of nitrogens with one attached hydrogen (secondary N) is 2. The van der Waals surface area contributed by atoms with Crippen LogP contribution in [0.2, 0.25) is 0 Å². The number of hydrogen-bond acceptors (Lipinski definition) is 7. The van der Waals surface area contributed by atoms with Crippen molar-refractivity contribution in [2.45, 2.75) is 26.2 Å². The van der Waals surface area contributed by atoms with Gasteiger partial charge in [0.05, 0.1) is 11.5 Å². The van der Waals surface area contributed by atoms with Crippen LogP contribution in [0.4, 0.5) is 11.6 Å². The molecule has 1 aliphatic rings. The highest BCUT2D eigenvalue weighted by molar-refractivity contribution is 7.91. The molecule has 1 unspecified atom stereocenters. The number of anilines is 2. The summed E-state index contributed by atoms with van der Waals surface area (Å²) in [6.07, 6.45) is 2.45. The van der Waals surface area contributed by atoms with Crippen LogP contribution in [0.3, 0.4) is 0 Å². The van der Waals surface area contributed by atoms with E-state index in [1.807, 2.05) is 0 Å². The Morgan fingerprint density at radius 1 is 1.40 bits per heavy atom. The van der Waals surface area contributed by atoms with Gasteiger partial charge in [0.25, 0.3) is 0 Å². The molecule has 112 valence electrons. The van der Waals surface area contributed by atoms with E-state index < -0.39 is 9.84 Å². The first kappa shape index (κ1) is 15.0. The highest BCUT2D eigenvalue weighted by atomic mass is 32.2. The molecule has 8 heteroatoms. The van der Waals surface area contributed by atoms with Gasteiger partial charge in [0.1, 0.15) is 17.5 Å². The van der Waals surface area contributed by atoms with E-state index in [1.54, 1.807) is 6.07 Å². The van der Waals surface area contributed by atoms with Gasteiger partial charge in [-0.05, 0) is 18.8 Å². The molecule has 0 bridgehead atoms. The third-order valence-corrected chi connectivity index (χ3v) is 5.13. The molecule has 0 amide bonds. The molecule has 1 fully saturated rings. The average molecular weight is 299 g/mol. The minimum Gasteiger partial charge on any atom is -0.370 e. The number of hydrazine groups is 1. The molecule has 7 nitrogen and oxygen atoms in total. The molecule has 1 aromatic rings. The van der Waals surface area contributed by atoms with E-state index in [2.05, 4.69) is 27.6 Å². The maximum atomic E-state index is 11.4. The number of rotatable bonds is 6. The van der Waals surface area contributed by atoms with Crippen LogP contribution in [0.15, 0.2) is 6.07 Å². The van der Waals surface area contributed by atoms with Gasteiger partial charge in [-0.1, -0.05) is 6.92 Å². The molecule has 0 radical (unpaired) electrons. The van der Waals surface area contributed by atoms with Crippen molar-refractivity contribution in [3.63, 3.8) is 0 Å². The molecule has 1 atom stereocenters. The monoisotopic (exact) mass is 299 g/mol. The van der Waals surface area contributed by atoms with Crippen molar-refractivity contribution in [1.82, 2.24) is 9.97 Å². The summed E-state index contributed by atoms with van der Waals surface area (Å²) in [7, 11) is -2.83. The van der Waals surface area contributed by atoms with E-state index in [0.717, 1.165) is 18.7 Å². The van der Waals surface area contributed by atoms with Crippen molar-refractivity contribution in [1.29, 1.82) is 0 Å². The van der Waals surface area contributed by atoms with E-state index in [9.17, 15) is 8.42 Å². The summed E-state index contributed by atoms with van der Waals surface area (Å²) < 4.78 is 22.8. The van der Waals surface area contributed by atoms with E-state index in [0.29, 0.717) is 30.4 Å². The van der Waals surface area contributed by atoms with E-state index in [4.69, 9.17) is 5.84 Å². The van der Waals surface area contributed by atoms with Crippen LogP contribution >= 0.6 is 0 Å². The second-order valence-electron chi connectivity index (χ2n) is 5.10. The topological polar surface area (TPSA) is 110 Å². The molecule has 4 N–H and O–H groups in total. The van der Waals surface area contributed by atoms with Gasteiger partial charge in [0.15, 0.2) is 9.84 Å². The Labute approximate surface area is 119 Å². The van der Waals surface area contributed by atoms with Gasteiger partial charge in [0, 0.05) is 19.0 Å². The Morgan fingerprint density at radius 2 is 2.15 bits per heavy atom. The summed E-state index contributed by atoms with van der Waals surface area (Å²) in [6, 6.07) is 1.72. The molecule has 0 spiro atoms. The molecular formula is C12H21N5O2S. The van der Waals surface area contributed by atoms with E-state index >= 15 is 0 Å². The Kier molecular flexibility index (Phi) is 4.77. The lowest BCUT2D eigenvalue weighted by Crippen LogP contribution is -2.18. The highest BCUT2D eigenvalue weighted by Gasteiger charge is 2.27. The summed E-state index contributed by atoms with van der Waals surface area (Å²) in [6.45, 7) is 2.66. The lowest BCUT2D eigenvalue weighted by Gasteiger charge is -2.12. The van der Waals surface area contributed by atoms with Crippen molar-refractivity contribution < 1.29 is 8.42 Å². The zero-order chi connectivity index (χ0) is 14.6. The first-order valence-corrected chi connectivity index (χ1v) is 8.63. The predicted molar refractivity (Wildman–Crippen MR) is 79.1 cm³/mol. The number of nitrogen functional groups attached to an aromatic ring is 1. The second-order valence-corrected chi connectivity index (χ2v) is 7.33. The zero-order valence-corrected chi connectivity index (χ0v) is 12.4. The molecule has 2 heterocycles. The molecule has 20 heavy (non-hydrogen) atoms. The largest absolute Gasteiger partial charge is 0.370 e. The average Bonchev–Trinajstić information content (AvgIpc) is 2.76. The fourth-order valence-corrected chi connectivity index (χ4v) is 4.14. The van der Waals surface area contributed by atoms with E-state index in [-0.39, 0.29) is 11.7 Å². The summed E-state index contributed by atoms with van der Waals surface area (Å²) in [5.41, 5.74) is 2.52. The first-order valence-electron chi connectivity index (χ1n) is 6.81. The smallest absolute Gasteiger partial charge is 0.150 e. The molecule has 0 aliphatic carbocycles. The van der Waals surface area contributed by atoms with Crippen molar-refractivity contribution in [2.75, 3.05) is 28.8 Å². The molecule has 1 aromatic heterocycles. The van der Waals surface area contributed by atoms with Crippen LogP contribution in [0.5, 0.6) is 0 Å². The summed E-state index contributed by atoms with van der Waals surface area (Å²) in [5, 5.41) is 3.19. The number of nitrogens with two attached hydrogens (primary N) is 1. The van der Waals surface area contributed by atoms with Gasteiger partial charge in [0.2, 0.25) is 0 Å². The van der Waals surface area contributed by atoms with Gasteiger partial charge in [-0.3, -0.25) is 0 Å². The fraction of sp³-hybridized carbons (Fsp3) is 0.667.